The number of hydrogen-bond donors (Lipinski definition) is 0. The highest BCUT2D eigenvalue weighted by Gasteiger charge is 2.12. The van der Waals surface area contributed by atoms with Crippen LogP contribution in [0.5, 0.6) is 17.4 Å². The Hall–Kier alpha value is -3.31. The molecule has 0 unspecified atom stereocenters. The molecule has 0 bridgehead atoms. The normalized spacial score (nSPS) is 10.6. The molecule has 30 heavy (non-hydrogen) atoms. The molecule has 1 aromatic heterocycles. The lowest BCUT2D eigenvalue weighted by Gasteiger charge is -2.12. The van der Waals surface area contributed by atoms with Gasteiger partial charge in [0.15, 0.2) is 16.7 Å². The molecular weight excluding hydrogens is 392 g/mol. The van der Waals surface area contributed by atoms with Gasteiger partial charge in [-0.2, -0.15) is 4.98 Å². The molecule has 0 radical (unpaired) electrons. The molecule has 0 saturated heterocycles. The Labute approximate surface area is 180 Å². The van der Waals surface area contributed by atoms with Gasteiger partial charge in [0, 0.05) is 17.4 Å². The van der Waals surface area contributed by atoms with Gasteiger partial charge in [-0.05, 0) is 30.2 Å². The fraction of sp³-hybridized carbons (Fsp3) is 0.120. The van der Waals surface area contributed by atoms with Crippen molar-refractivity contribution in [2.75, 3.05) is 7.11 Å². The molecular formula is C25H22N2O2S. The maximum atomic E-state index is 6.12. The molecule has 1 heterocycles. The van der Waals surface area contributed by atoms with E-state index in [0.717, 1.165) is 22.6 Å². The first kappa shape index (κ1) is 20.0. The Morgan fingerprint density at radius 3 is 2.27 bits per heavy atom. The van der Waals surface area contributed by atoms with Crippen LogP contribution in [-0.2, 0) is 5.75 Å². The van der Waals surface area contributed by atoms with E-state index >= 15 is 0 Å². The molecule has 4 rings (SSSR count). The van der Waals surface area contributed by atoms with Crippen molar-refractivity contribution < 1.29 is 9.47 Å². The van der Waals surface area contributed by atoms with Crippen LogP contribution in [0.15, 0.2) is 90.1 Å². The van der Waals surface area contributed by atoms with Gasteiger partial charge in [0.2, 0.25) is 5.88 Å². The summed E-state index contributed by atoms with van der Waals surface area (Å²) in [6.07, 6.45) is 0. The van der Waals surface area contributed by atoms with E-state index < -0.39 is 0 Å². The Balaban J connectivity index is 1.67. The fourth-order valence-electron chi connectivity index (χ4n) is 2.97. The van der Waals surface area contributed by atoms with Crippen molar-refractivity contribution in [1.82, 2.24) is 9.97 Å². The van der Waals surface area contributed by atoms with Crippen LogP contribution in [0.4, 0.5) is 0 Å². The van der Waals surface area contributed by atoms with Gasteiger partial charge in [-0.15, -0.1) is 0 Å². The van der Waals surface area contributed by atoms with Crippen LogP contribution < -0.4 is 9.47 Å². The molecule has 0 aliphatic carbocycles. The number of thioether (sulfide) groups is 1. The summed E-state index contributed by atoms with van der Waals surface area (Å²) in [5, 5.41) is 0.668. The molecule has 5 heteroatoms. The van der Waals surface area contributed by atoms with Gasteiger partial charge in [0.05, 0.1) is 12.8 Å². The topological polar surface area (TPSA) is 44.2 Å². The highest BCUT2D eigenvalue weighted by atomic mass is 32.2. The average molecular weight is 415 g/mol. The summed E-state index contributed by atoms with van der Waals surface area (Å²) in [5.41, 5.74) is 4.16. The molecule has 4 aromatic rings. The maximum absolute atomic E-state index is 6.12. The number of ether oxygens (including phenoxy) is 2. The lowest BCUT2D eigenvalue weighted by Crippen LogP contribution is -1.97. The van der Waals surface area contributed by atoms with E-state index in [9.17, 15) is 0 Å². The van der Waals surface area contributed by atoms with Crippen LogP contribution in [0.1, 0.15) is 11.1 Å². The number of rotatable bonds is 7. The molecule has 150 valence electrons. The van der Waals surface area contributed by atoms with E-state index in [1.165, 1.54) is 5.56 Å². The second-order valence-corrected chi connectivity index (χ2v) is 7.71. The highest BCUT2D eigenvalue weighted by molar-refractivity contribution is 7.98. The number of methoxy groups -OCH3 is 1. The second-order valence-electron chi connectivity index (χ2n) is 6.77. The van der Waals surface area contributed by atoms with Gasteiger partial charge in [-0.3, -0.25) is 0 Å². The van der Waals surface area contributed by atoms with E-state index in [0.29, 0.717) is 22.5 Å². The smallest absolute Gasteiger partial charge is 0.224 e. The summed E-state index contributed by atoms with van der Waals surface area (Å²) in [6.45, 7) is 2.02. The SMILES string of the molecule is COc1cc(C)ccc1Oc1cc(-c2ccccc2)nc(SCc2ccccc2)n1. The Kier molecular flexibility index (Phi) is 6.30. The zero-order valence-corrected chi connectivity index (χ0v) is 17.7. The van der Waals surface area contributed by atoms with Gasteiger partial charge in [-0.1, -0.05) is 78.5 Å². The van der Waals surface area contributed by atoms with Crippen molar-refractivity contribution in [3.8, 4) is 28.6 Å². The van der Waals surface area contributed by atoms with Crippen LogP contribution in [0.25, 0.3) is 11.3 Å². The van der Waals surface area contributed by atoms with Crippen molar-refractivity contribution in [3.63, 3.8) is 0 Å². The predicted octanol–water partition coefficient (Wildman–Crippen LogP) is 6.55. The monoisotopic (exact) mass is 414 g/mol. The molecule has 0 spiro atoms. The quantitative estimate of drug-likeness (QED) is 0.254. The summed E-state index contributed by atoms with van der Waals surface area (Å²) in [5.74, 6) is 2.57. The van der Waals surface area contributed by atoms with Gasteiger partial charge in [-0.25, -0.2) is 4.98 Å². The molecule has 0 saturated carbocycles. The standard InChI is InChI=1S/C25H22N2O2S/c1-18-13-14-22(23(15-18)28-2)29-24-16-21(20-11-7-4-8-12-20)26-25(27-24)30-17-19-9-5-3-6-10-19/h3-16H,17H2,1-2H3. The van der Waals surface area contributed by atoms with Crippen molar-refractivity contribution >= 4 is 11.8 Å². The number of aromatic nitrogens is 2. The Bertz CT molecular complexity index is 1120. The van der Waals surface area contributed by atoms with E-state index in [2.05, 4.69) is 17.1 Å². The van der Waals surface area contributed by atoms with E-state index in [1.54, 1.807) is 18.9 Å². The Morgan fingerprint density at radius 2 is 1.53 bits per heavy atom. The van der Waals surface area contributed by atoms with Crippen molar-refractivity contribution in [2.24, 2.45) is 0 Å². The third-order valence-corrected chi connectivity index (χ3v) is 5.41. The summed E-state index contributed by atoms with van der Waals surface area (Å²) >= 11 is 1.59. The molecule has 0 aliphatic rings. The average Bonchev–Trinajstić information content (AvgIpc) is 2.80. The van der Waals surface area contributed by atoms with Gasteiger partial charge < -0.3 is 9.47 Å². The lowest BCUT2D eigenvalue weighted by atomic mass is 10.1. The number of benzene rings is 3. The van der Waals surface area contributed by atoms with Gasteiger partial charge in [0.25, 0.3) is 0 Å². The van der Waals surface area contributed by atoms with Crippen LogP contribution in [0.2, 0.25) is 0 Å². The zero-order chi connectivity index (χ0) is 20.8. The minimum atomic E-state index is 0.488. The third kappa shape index (κ3) is 4.99. The summed E-state index contributed by atoms with van der Waals surface area (Å²) in [6, 6.07) is 28.0. The van der Waals surface area contributed by atoms with E-state index in [4.69, 9.17) is 14.5 Å². The van der Waals surface area contributed by atoms with Crippen molar-refractivity contribution in [1.29, 1.82) is 0 Å². The first-order valence-corrected chi connectivity index (χ1v) is 10.6. The van der Waals surface area contributed by atoms with Gasteiger partial charge in [0.1, 0.15) is 0 Å². The maximum Gasteiger partial charge on any atom is 0.224 e. The van der Waals surface area contributed by atoms with Crippen LogP contribution in [0.3, 0.4) is 0 Å². The number of hydrogen-bond acceptors (Lipinski definition) is 5. The number of aryl methyl sites for hydroxylation is 1. The molecule has 0 N–H and O–H groups in total. The molecule has 0 atom stereocenters. The van der Waals surface area contributed by atoms with E-state index in [-0.39, 0.29) is 0 Å². The van der Waals surface area contributed by atoms with Crippen LogP contribution in [0, 0.1) is 6.92 Å². The van der Waals surface area contributed by atoms with Gasteiger partial charge >= 0.3 is 0 Å². The Morgan fingerprint density at radius 1 is 0.800 bits per heavy atom. The zero-order valence-electron chi connectivity index (χ0n) is 16.9. The third-order valence-electron chi connectivity index (χ3n) is 4.50. The highest BCUT2D eigenvalue weighted by Crippen LogP contribution is 2.34. The lowest BCUT2D eigenvalue weighted by molar-refractivity contribution is 0.372. The van der Waals surface area contributed by atoms with E-state index in [1.807, 2.05) is 79.7 Å². The largest absolute Gasteiger partial charge is 0.493 e. The van der Waals surface area contributed by atoms with Crippen molar-refractivity contribution in [3.05, 3.63) is 96.1 Å². The second kappa shape index (κ2) is 9.46. The van der Waals surface area contributed by atoms with Crippen LogP contribution in [-0.4, -0.2) is 17.1 Å². The fourth-order valence-corrected chi connectivity index (χ4v) is 3.78. The summed E-state index contributed by atoms with van der Waals surface area (Å²) in [4.78, 5) is 9.40. The molecule has 0 aliphatic heterocycles. The molecule has 0 fully saturated rings. The molecule has 4 nitrogen and oxygen atoms in total. The number of nitrogens with zero attached hydrogens (tertiary/aromatic N) is 2. The minimum absolute atomic E-state index is 0.488. The summed E-state index contributed by atoms with van der Waals surface area (Å²) < 4.78 is 11.6. The molecule has 3 aromatic carbocycles. The summed E-state index contributed by atoms with van der Waals surface area (Å²) in [7, 11) is 1.64. The first-order chi connectivity index (χ1) is 14.7. The predicted molar refractivity (Wildman–Crippen MR) is 121 cm³/mol. The molecule has 0 amide bonds. The van der Waals surface area contributed by atoms with Crippen molar-refractivity contribution in [2.45, 2.75) is 17.8 Å². The van der Waals surface area contributed by atoms with Crippen LogP contribution >= 0.6 is 11.8 Å². The first-order valence-electron chi connectivity index (χ1n) is 9.65. The minimum Gasteiger partial charge on any atom is -0.493 e.